The van der Waals surface area contributed by atoms with Crippen molar-refractivity contribution < 1.29 is 14.4 Å². The molecule has 3 unspecified atom stereocenters. The molecule has 1 N–H and O–H groups in total. The minimum atomic E-state index is -0.706. The van der Waals surface area contributed by atoms with Crippen LogP contribution in [0.25, 0.3) is 0 Å². The van der Waals surface area contributed by atoms with Crippen molar-refractivity contribution >= 4 is 5.97 Å². The number of carbonyl (C=O) groups is 1. The second-order valence-electron chi connectivity index (χ2n) is 6.46. The molecule has 1 aromatic heterocycles. The molecule has 0 radical (unpaired) electrons. The Morgan fingerprint density at radius 2 is 2.10 bits per heavy atom. The number of carboxylic acid groups (broad SMARTS) is 1. The van der Waals surface area contributed by atoms with Gasteiger partial charge in [-0.05, 0) is 39.5 Å². The first-order valence-corrected chi connectivity index (χ1v) is 7.87. The lowest BCUT2D eigenvalue weighted by atomic mass is 9.85. The molecule has 2 aliphatic rings. The monoisotopic (exact) mass is 293 g/mol. The maximum absolute atomic E-state index is 11.3. The molecule has 1 saturated heterocycles. The van der Waals surface area contributed by atoms with E-state index in [9.17, 15) is 9.90 Å². The summed E-state index contributed by atoms with van der Waals surface area (Å²) in [6, 6.07) is 0.346. The number of likely N-dealkylation sites (tertiary alicyclic amines) is 1. The lowest BCUT2D eigenvalue weighted by molar-refractivity contribution is -0.146. The van der Waals surface area contributed by atoms with Gasteiger partial charge in [-0.25, -0.2) is 0 Å². The fraction of sp³-hybridized carbons (Fsp3) is 0.800. The van der Waals surface area contributed by atoms with Crippen LogP contribution in [0.1, 0.15) is 63.6 Å². The number of piperidine rings is 1. The second kappa shape index (κ2) is 5.75. The molecule has 0 spiro atoms. The third kappa shape index (κ3) is 2.81. The van der Waals surface area contributed by atoms with E-state index >= 15 is 0 Å². The highest BCUT2D eigenvalue weighted by molar-refractivity contribution is 5.71. The van der Waals surface area contributed by atoms with E-state index in [2.05, 4.69) is 22.0 Å². The van der Waals surface area contributed by atoms with Crippen LogP contribution in [0.5, 0.6) is 0 Å². The van der Waals surface area contributed by atoms with Crippen molar-refractivity contribution in [1.82, 2.24) is 15.0 Å². The molecule has 3 atom stereocenters. The predicted molar refractivity (Wildman–Crippen MR) is 75.7 cm³/mol. The van der Waals surface area contributed by atoms with Gasteiger partial charge in [0.15, 0.2) is 5.82 Å². The highest BCUT2D eigenvalue weighted by atomic mass is 16.5. The molecule has 1 saturated carbocycles. The van der Waals surface area contributed by atoms with E-state index in [1.54, 1.807) is 0 Å². The third-order valence-corrected chi connectivity index (χ3v) is 5.15. The summed E-state index contributed by atoms with van der Waals surface area (Å²) in [5, 5.41) is 13.4. The van der Waals surface area contributed by atoms with Crippen molar-refractivity contribution in [1.29, 1.82) is 0 Å². The van der Waals surface area contributed by atoms with Crippen molar-refractivity contribution in [2.75, 3.05) is 0 Å². The maximum atomic E-state index is 11.3. The Morgan fingerprint density at radius 3 is 2.71 bits per heavy atom. The molecule has 6 nitrogen and oxygen atoms in total. The zero-order valence-electron chi connectivity index (χ0n) is 12.7. The van der Waals surface area contributed by atoms with Crippen LogP contribution in [0.2, 0.25) is 0 Å². The number of hydrogen-bond donors (Lipinski definition) is 1. The molecule has 2 heterocycles. The first-order chi connectivity index (χ1) is 10.1. The van der Waals surface area contributed by atoms with Gasteiger partial charge in [0.05, 0.1) is 12.5 Å². The van der Waals surface area contributed by atoms with Gasteiger partial charge in [0.2, 0.25) is 5.89 Å². The summed E-state index contributed by atoms with van der Waals surface area (Å²) in [5.74, 6) is 0.862. The van der Waals surface area contributed by atoms with Gasteiger partial charge in [-0.15, -0.1) is 0 Å². The number of hydrogen-bond acceptors (Lipinski definition) is 5. The fourth-order valence-corrected chi connectivity index (χ4v) is 3.41. The number of carboxylic acids is 1. The number of rotatable bonds is 4. The molecular weight excluding hydrogens is 270 g/mol. The smallest absolute Gasteiger partial charge is 0.308 e. The minimum Gasteiger partial charge on any atom is -0.481 e. The van der Waals surface area contributed by atoms with Gasteiger partial charge >= 0.3 is 5.97 Å². The van der Waals surface area contributed by atoms with E-state index in [0.29, 0.717) is 24.3 Å². The van der Waals surface area contributed by atoms with Crippen molar-refractivity contribution in [2.24, 2.45) is 5.92 Å². The Bertz CT molecular complexity index is 512. The van der Waals surface area contributed by atoms with Gasteiger partial charge in [-0.3, -0.25) is 9.69 Å². The third-order valence-electron chi connectivity index (χ3n) is 5.15. The Hall–Kier alpha value is -1.43. The Labute approximate surface area is 124 Å². The molecule has 0 aromatic carbocycles. The topological polar surface area (TPSA) is 79.5 Å². The molecular formula is C15H23N3O3. The van der Waals surface area contributed by atoms with Crippen molar-refractivity contribution in [3.63, 3.8) is 0 Å². The largest absolute Gasteiger partial charge is 0.481 e. The van der Waals surface area contributed by atoms with Crippen molar-refractivity contribution in [3.8, 4) is 0 Å². The van der Waals surface area contributed by atoms with E-state index in [-0.39, 0.29) is 12.0 Å². The number of aliphatic carboxylic acids is 1. The van der Waals surface area contributed by atoms with Gasteiger partial charge in [-0.1, -0.05) is 11.6 Å². The van der Waals surface area contributed by atoms with Crippen LogP contribution < -0.4 is 0 Å². The van der Waals surface area contributed by atoms with E-state index < -0.39 is 5.97 Å². The van der Waals surface area contributed by atoms with Crippen LogP contribution in [-0.4, -0.2) is 38.2 Å². The summed E-state index contributed by atoms with van der Waals surface area (Å²) in [5.41, 5.74) is 0. The quantitative estimate of drug-likeness (QED) is 0.918. The van der Waals surface area contributed by atoms with E-state index in [1.807, 2.05) is 6.92 Å². The molecule has 1 aliphatic heterocycles. The fourth-order valence-electron chi connectivity index (χ4n) is 3.41. The van der Waals surface area contributed by atoms with Gasteiger partial charge in [0.1, 0.15) is 0 Å². The van der Waals surface area contributed by atoms with Crippen LogP contribution >= 0.6 is 0 Å². The Balaban J connectivity index is 1.69. The summed E-state index contributed by atoms with van der Waals surface area (Å²) in [7, 11) is 0. The van der Waals surface area contributed by atoms with Crippen molar-refractivity contribution in [2.45, 2.75) is 70.5 Å². The maximum Gasteiger partial charge on any atom is 0.308 e. The SMILES string of the molecule is CC1CCC(C(=O)O)C(C)N1Cc1noc(C2CCC2)n1. The van der Waals surface area contributed by atoms with Crippen LogP contribution in [0, 0.1) is 5.92 Å². The minimum absolute atomic E-state index is 0.00287. The van der Waals surface area contributed by atoms with Gasteiger partial charge < -0.3 is 9.63 Å². The summed E-state index contributed by atoms with van der Waals surface area (Å²) in [6.07, 6.45) is 5.16. The highest BCUT2D eigenvalue weighted by Gasteiger charge is 2.37. The molecule has 0 bridgehead atoms. The molecule has 2 fully saturated rings. The van der Waals surface area contributed by atoms with Gasteiger partial charge in [-0.2, -0.15) is 4.98 Å². The van der Waals surface area contributed by atoms with Crippen LogP contribution in [0.3, 0.4) is 0 Å². The van der Waals surface area contributed by atoms with Gasteiger partial charge in [0.25, 0.3) is 0 Å². The Kier molecular flexibility index (Phi) is 3.97. The van der Waals surface area contributed by atoms with Crippen molar-refractivity contribution in [3.05, 3.63) is 11.7 Å². The standard InChI is InChI=1S/C15H23N3O3/c1-9-6-7-12(15(19)20)10(2)18(9)8-13-16-14(21-17-13)11-4-3-5-11/h9-12H,3-8H2,1-2H3,(H,19,20). The Morgan fingerprint density at radius 1 is 1.33 bits per heavy atom. The second-order valence-corrected chi connectivity index (χ2v) is 6.46. The van der Waals surface area contributed by atoms with Gasteiger partial charge in [0, 0.05) is 18.0 Å². The summed E-state index contributed by atoms with van der Waals surface area (Å²) >= 11 is 0. The van der Waals surface area contributed by atoms with Crippen LogP contribution in [-0.2, 0) is 11.3 Å². The lowest BCUT2D eigenvalue weighted by Crippen LogP contribution is -2.50. The molecule has 6 heteroatoms. The van der Waals surface area contributed by atoms with Crippen LogP contribution in [0.15, 0.2) is 4.52 Å². The first-order valence-electron chi connectivity index (χ1n) is 7.87. The zero-order chi connectivity index (χ0) is 15.0. The lowest BCUT2D eigenvalue weighted by Gasteiger charge is -2.41. The summed E-state index contributed by atoms with van der Waals surface area (Å²) in [6.45, 7) is 4.70. The number of nitrogens with zero attached hydrogens (tertiary/aromatic N) is 3. The molecule has 1 aromatic rings. The normalized spacial score (nSPS) is 31.0. The van der Waals surface area contributed by atoms with E-state index in [0.717, 1.165) is 31.6 Å². The first kappa shape index (κ1) is 14.5. The molecule has 1 aliphatic carbocycles. The molecule has 3 rings (SSSR count). The molecule has 21 heavy (non-hydrogen) atoms. The molecule has 116 valence electrons. The summed E-state index contributed by atoms with van der Waals surface area (Å²) in [4.78, 5) is 18.0. The summed E-state index contributed by atoms with van der Waals surface area (Å²) < 4.78 is 5.35. The highest BCUT2D eigenvalue weighted by Crippen LogP contribution is 2.35. The van der Waals surface area contributed by atoms with E-state index in [4.69, 9.17) is 4.52 Å². The van der Waals surface area contributed by atoms with Crippen LogP contribution in [0.4, 0.5) is 0 Å². The number of aromatic nitrogens is 2. The average Bonchev–Trinajstić information content (AvgIpc) is 2.80. The van der Waals surface area contributed by atoms with E-state index in [1.165, 1.54) is 6.42 Å². The predicted octanol–water partition coefficient (Wildman–Crippen LogP) is 2.41. The zero-order valence-corrected chi connectivity index (χ0v) is 12.7. The molecule has 0 amide bonds. The average molecular weight is 293 g/mol.